The summed E-state index contributed by atoms with van der Waals surface area (Å²) in [5, 5.41) is 0.227. The van der Waals surface area contributed by atoms with Gasteiger partial charge in [0.25, 0.3) is 0 Å². The molecule has 0 aromatic heterocycles. The standard InChI is InChI=1S/C15H11BrClFO3/c1-20-9-6-11(16)14(13(7-9)21-2)15(19)10-4-3-8(17)5-12(10)18/h3-7H,1-2H3. The van der Waals surface area contributed by atoms with Gasteiger partial charge in [-0.25, -0.2) is 4.39 Å². The first kappa shape index (κ1) is 15.8. The molecule has 2 aromatic rings. The van der Waals surface area contributed by atoms with Gasteiger partial charge in [0.2, 0.25) is 5.78 Å². The Bertz CT molecular complexity index is 704. The number of carbonyl (C=O) groups excluding carboxylic acids is 1. The van der Waals surface area contributed by atoms with Crippen LogP contribution in [-0.2, 0) is 0 Å². The summed E-state index contributed by atoms with van der Waals surface area (Å²) in [6, 6.07) is 7.08. The highest BCUT2D eigenvalue weighted by Gasteiger charge is 2.22. The molecule has 110 valence electrons. The van der Waals surface area contributed by atoms with Crippen molar-refractivity contribution in [1.82, 2.24) is 0 Å². The van der Waals surface area contributed by atoms with E-state index in [-0.39, 0.29) is 16.1 Å². The van der Waals surface area contributed by atoms with Crippen molar-refractivity contribution in [3.63, 3.8) is 0 Å². The maximum Gasteiger partial charge on any atom is 0.200 e. The van der Waals surface area contributed by atoms with Gasteiger partial charge in [0.15, 0.2) is 0 Å². The third-order valence-electron chi connectivity index (χ3n) is 2.89. The molecule has 3 nitrogen and oxygen atoms in total. The summed E-state index contributed by atoms with van der Waals surface area (Å²) in [5.41, 5.74) is 0.142. The minimum atomic E-state index is -0.683. The zero-order valence-corrected chi connectivity index (χ0v) is 13.6. The molecule has 21 heavy (non-hydrogen) atoms. The lowest BCUT2D eigenvalue weighted by Crippen LogP contribution is -2.08. The summed E-state index contributed by atoms with van der Waals surface area (Å²) in [5.74, 6) is -0.375. The third kappa shape index (κ3) is 3.19. The van der Waals surface area contributed by atoms with Gasteiger partial charge in [-0.1, -0.05) is 11.6 Å². The van der Waals surface area contributed by atoms with Gasteiger partial charge < -0.3 is 9.47 Å². The van der Waals surface area contributed by atoms with Gasteiger partial charge in [0.1, 0.15) is 17.3 Å². The molecule has 6 heteroatoms. The first-order chi connectivity index (χ1) is 9.97. The van der Waals surface area contributed by atoms with E-state index in [0.29, 0.717) is 16.0 Å². The van der Waals surface area contributed by atoms with Crippen LogP contribution in [0.2, 0.25) is 5.02 Å². The van der Waals surface area contributed by atoms with E-state index in [4.69, 9.17) is 21.1 Å². The van der Waals surface area contributed by atoms with Crippen LogP contribution in [0.5, 0.6) is 11.5 Å². The van der Waals surface area contributed by atoms with E-state index in [1.807, 2.05) is 0 Å². The molecule has 0 aliphatic heterocycles. The number of benzene rings is 2. The Morgan fingerprint density at radius 3 is 2.48 bits per heavy atom. The highest BCUT2D eigenvalue weighted by molar-refractivity contribution is 9.10. The second-order valence-corrected chi connectivity index (χ2v) is 5.43. The van der Waals surface area contributed by atoms with Gasteiger partial charge in [-0.3, -0.25) is 4.79 Å². The molecule has 0 atom stereocenters. The molecular formula is C15H11BrClFO3. The zero-order valence-electron chi connectivity index (χ0n) is 11.2. The van der Waals surface area contributed by atoms with E-state index in [1.54, 1.807) is 12.1 Å². The average Bonchev–Trinajstić information content (AvgIpc) is 2.45. The monoisotopic (exact) mass is 372 g/mol. The number of ketones is 1. The summed E-state index contributed by atoms with van der Waals surface area (Å²) in [7, 11) is 2.93. The third-order valence-corrected chi connectivity index (χ3v) is 3.75. The smallest absolute Gasteiger partial charge is 0.200 e. The van der Waals surface area contributed by atoms with Crippen molar-refractivity contribution >= 4 is 33.3 Å². The molecule has 0 aliphatic rings. The molecule has 0 unspecified atom stereocenters. The van der Waals surface area contributed by atoms with Gasteiger partial charge in [0.05, 0.1) is 25.3 Å². The van der Waals surface area contributed by atoms with E-state index < -0.39 is 11.6 Å². The quantitative estimate of drug-likeness (QED) is 0.741. The topological polar surface area (TPSA) is 35.5 Å². The number of hydrogen-bond donors (Lipinski definition) is 0. The molecule has 0 fully saturated rings. The molecule has 0 heterocycles. The minimum Gasteiger partial charge on any atom is -0.497 e. The molecule has 0 saturated carbocycles. The minimum absolute atomic E-state index is 0.0800. The van der Waals surface area contributed by atoms with Crippen molar-refractivity contribution in [2.45, 2.75) is 0 Å². The zero-order chi connectivity index (χ0) is 15.6. The highest BCUT2D eigenvalue weighted by atomic mass is 79.9. The van der Waals surface area contributed by atoms with E-state index >= 15 is 0 Å². The van der Waals surface area contributed by atoms with Crippen LogP contribution >= 0.6 is 27.5 Å². The number of halogens is 3. The fourth-order valence-electron chi connectivity index (χ4n) is 1.87. The number of rotatable bonds is 4. The molecule has 0 aliphatic carbocycles. The summed E-state index contributed by atoms with van der Waals surface area (Å²) in [6.07, 6.45) is 0. The van der Waals surface area contributed by atoms with Gasteiger partial charge in [0, 0.05) is 15.6 Å². The van der Waals surface area contributed by atoms with E-state index in [1.165, 1.54) is 26.4 Å². The van der Waals surface area contributed by atoms with Crippen LogP contribution in [0.3, 0.4) is 0 Å². The highest BCUT2D eigenvalue weighted by Crippen LogP contribution is 2.34. The molecule has 0 saturated heterocycles. The van der Waals surface area contributed by atoms with Crippen molar-refractivity contribution in [3.8, 4) is 11.5 Å². The Labute approximate surface area is 134 Å². The van der Waals surface area contributed by atoms with Gasteiger partial charge >= 0.3 is 0 Å². The maximum absolute atomic E-state index is 13.9. The van der Waals surface area contributed by atoms with Crippen LogP contribution in [0.15, 0.2) is 34.8 Å². The Balaban J connectivity index is 2.57. The van der Waals surface area contributed by atoms with Crippen LogP contribution in [-0.4, -0.2) is 20.0 Å². The van der Waals surface area contributed by atoms with Gasteiger partial charge in [-0.15, -0.1) is 0 Å². The first-order valence-corrected chi connectivity index (χ1v) is 7.06. The largest absolute Gasteiger partial charge is 0.497 e. The SMILES string of the molecule is COc1cc(Br)c(C(=O)c2ccc(Cl)cc2F)c(OC)c1. The molecule has 0 spiro atoms. The summed E-state index contributed by atoms with van der Waals surface area (Å²) in [4.78, 5) is 12.5. The van der Waals surface area contributed by atoms with E-state index in [2.05, 4.69) is 15.9 Å². The average molecular weight is 374 g/mol. The predicted molar refractivity (Wildman–Crippen MR) is 82.1 cm³/mol. The van der Waals surface area contributed by atoms with Crippen molar-refractivity contribution in [1.29, 1.82) is 0 Å². The van der Waals surface area contributed by atoms with Crippen LogP contribution in [0.4, 0.5) is 4.39 Å². The van der Waals surface area contributed by atoms with Crippen molar-refractivity contribution < 1.29 is 18.7 Å². The fourth-order valence-corrected chi connectivity index (χ4v) is 2.63. The van der Waals surface area contributed by atoms with Gasteiger partial charge in [-0.2, -0.15) is 0 Å². The lowest BCUT2D eigenvalue weighted by molar-refractivity contribution is 0.103. The summed E-state index contributed by atoms with van der Waals surface area (Å²) >= 11 is 8.98. The second kappa shape index (κ2) is 6.45. The summed E-state index contributed by atoms with van der Waals surface area (Å²) < 4.78 is 24.7. The Morgan fingerprint density at radius 1 is 1.19 bits per heavy atom. The lowest BCUT2D eigenvalue weighted by Gasteiger charge is -2.12. The van der Waals surface area contributed by atoms with E-state index in [9.17, 15) is 9.18 Å². The second-order valence-electron chi connectivity index (χ2n) is 4.14. The first-order valence-electron chi connectivity index (χ1n) is 5.89. The normalized spacial score (nSPS) is 10.3. The molecule has 0 bridgehead atoms. The molecule has 2 aromatic carbocycles. The van der Waals surface area contributed by atoms with Crippen LogP contribution < -0.4 is 9.47 Å². The maximum atomic E-state index is 13.9. The fraction of sp³-hybridized carbons (Fsp3) is 0.133. The number of carbonyl (C=O) groups is 1. The number of hydrogen-bond acceptors (Lipinski definition) is 3. The van der Waals surface area contributed by atoms with Gasteiger partial charge in [-0.05, 0) is 40.2 Å². The van der Waals surface area contributed by atoms with Crippen molar-refractivity contribution in [2.24, 2.45) is 0 Å². The van der Waals surface area contributed by atoms with Crippen molar-refractivity contribution in [2.75, 3.05) is 14.2 Å². The predicted octanol–water partition coefficient (Wildman–Crippen LogP) is 4.49. The van der Waals surface area contributed by atoms with Crippen LogP contribution in [0.25, 0.3) is 0 Å². The van der Waals surface area contributed by atoms with Crippen LogP contribution in [0, 0.1) is 5.82 Å². The van der Waals surface area contributed by atoms with Crippen molar-refractivity contribution in [3.05, 3.63) is 56.8 Å². The number of methoxy groups -OCH3 is 2. The van der Waals surface area contributed by atoms with Crippen LogP contribution in [0.1, 0.15) is 15.9 Å². The Kier molecular flexibility index (Phi) is 4.85. The Hall–Kier alpha value is -1.59. The molecular weight excluding hydrogens is 363 g/mol. The molecule has 0 N–H and O–H groups in total. The molecule has 0 amide bonds. The molecule has 2 rings (SSSR count). The number of ether oxygens (including phenoxy) is 2. The van der Waals surface area contributed by atoms with E-state index in [0.717, 1.165) is 6.07 Å². The summed E-state index contributed by atoms with van der Waals surface area (Å²) in [6.45, 7) is 0. The lowest BCUT2D eigenvalue weighted by atomic mass is 10.0. The Morgan fingerprint density at radius 2 is 1.90 bits per heavy atom. The molecule has 0 radical (unpaired) electrons.